The van der Waals surface area contributed by atoms with Crippen LogP contribution in [0.5, 0.6) is 0 Å². The van der Waals surface area contributed by atoms with Gasteiger partial charge in [0.2, 0.25) is 0 Å². The molecule has 98 valence electrons. The summed E-state index contributed by atoms with van der Waals surface area (Å²) in [5.74, 6) is -0.343. The first-order valence-corrected chi connectivity index (χ1v) is 6.18. The minimum atomic E-state index is -0.343. The fraction of sp³-hybridized carbons (Fsp3) is 0.538. The van der Waals surface area contributed by atoms with Gasteiger partial charge in [-0.1, -0.05) is 0 Å². The van der Waals surface area contributed by atoms with Gasteiger partial charge in [-0.05, 0) is 19.1 Å². The molecule has 1 aliphatic heterocycles. The van der Waals surface area contributed by atoms with Gasteiger partial charge < -0.3 is 10.1 Å². The Balaban J connectivity index is 1.95. The van der Waals surface area contributed by atoms with Crippen molar-refractivity contribution in [2.45, 2.75) is 19.5 Å². The fourth-order valence-corrected chi connectivity index (χ4v) is 2.14. The van der Waals surface area contributed by atoms with E-state index in [0.29, 0.717) is 11.6 Å². The molecule has 2 heterocycles. The second kappa shape index (κ2) is 5.93. The van der Waals surface area contributed by atoms with Gasteiger partial charge in [-0.15, -0.1) is 0 Å². The molecule has 0 spiro atoms. The first-order valence-electron chi connectivity index (χ1n) is 6.18. The molecule has 0 saturated carbocycles. The maximum Gasteiger partial charge on any atom is 0.339 e. The van der Waals surface area contributed by atoms with Gasteiger partial charge in [0.15, 0.2) is 0 Å². The molecule has 0 radical (unpaired) electrons. The molecule has 1 aromatic rings. The zero-order valence-corrected chi connectivity index (χ0v) is 10.8. The molecule has 1 aliphatic rings. The third kappa shape index (κ3) is 3.27. The van der Waals surface area contributed by atoms with Gasteiger partial charge in [0.25, 0.3) is 0 Å². The van der Waals surface area contributed by atoms with E-state index in [9.17, 15) is 4.79 Å². The van der Waals surface area contributed by atoms with Gasteiger partial charge in [-0.2, -0.15) is 0 Å². The molecule has 1 saturated heterocycles. The third-order valence-electron chi connectivity index (χ3n) is 3.08. The van der Waals surface area contributed by atoms with Gasteiger partial charge in [0, 0.05) is 38.4 Å². The van der Waals surface area contributed by atoms with Crippen molar-refractivity contribution in [2.75, 3.05) is 26.7 Å². The zero-order chi connectivity index (χ0) is 13.0. The largest absolute Gasteiger partial charge is 0.465 e. The average molecular weight is 249 g/mol. The number of rotatable bonds is 3. The van der Waals surface area contributed by atoms with Crippen molar-refractivity contribution in [1.29, 1.82) is 0 Å². The van der Waals surface area contributed by atoms with Crippen LogP contribution in [0.1, 0.15) is 23.0 Å². The number of esters is 1. The molecule has 1 atom stereocenters. The quantitative estimate of drug-likeness (QED) is 0.798. The van der Waals surface area contributed by atoms with Crippen molar-refractivity contribution in [3.05, 3.63) is 29.6 Å². The molecule has 1 aromatic heterocycles. The Kier molecular flexibility index (Phi) is 4.28. The SMILES string of the molecule is COC(=O)c1ccc(CN2CCN[C@H](C)C2)nc1. The highest BCUT2D eigenvalue weighted by Crippen LogP contribution is 2.07. The van der Waals surface area contributed by atoms with E-state index >= 15 is 0 Å². The molecule has 5 nitrogen and oxygen atoms in total. The van der Waals surface area contributed by atoms with E-state index in [-0.39, 0.29) is 5.97 Å². The second-order valence-electron chi connectivity index (χ2n) is 4.62. The van der Waals surface area contributed by atoms with Crippen LogP contribution in [0.4, 0.5) is 0 Å². The van der Waals surface area contributed by atoms with Gasteiger partial charge in [0.1, 0.15) is 0 Å². The van der Waals surface area contributed by atoms with Gasteiger partial charge in [-0.3, -0.25) is 9.88 Å². The summed E-state index contributed by atoms with van der Waals surface area (Å²) in [5, 5.41) is 3.41. The molecule has 0 bridgehead atoms. The monoisotopic (exact) mass is 249 g/mol. The van der Waals surface area contributed by atoms with E-state index in [1.807, 2.05) is 6.07 Å². The molecule has 18 heavy (non-hydrogen) atoms. The number of pyridine rings is 1. The van der Waals surface area contributed by atoms with Crippen LogP contribution in [0.2, 0.25) is 0 Å². The normalized spacial score (nSPS) is 20.7. The average Bonchev–Trinajstić information content (AvgIpc) is 2.39. The molecule has 0 amide bonds. The number of aromatic nitrogens is 1. The molecular formula is C13H19N3O2. The van der Waals surface area contributed by atoms with Gasteiger partial charge >= 0.3 is 5.97 Å². The number of nitrogens with zero attached hydrogens (tertiary/aromatic N) is 2. The van der Waals surface area contributed by atoms with E-state index in [0.717, 1.165) is 31.9 Å². The van der Waals surface area contributed by atoms with E-state index in [2.05, 4.69) is 26.9 Å². The highest BCUT2D eigenvalue weighted by Gasteiger charge is 2.16. The number of hydrogen-bond acceptors (Lipinski definition) is 5. The first-order chi connectivity index (χ1) is 8.69. The van der Waals surface area contributed by atoms with Crippen molar-refractivity contribution in [3.8, 4) is 0 Å². The number of hydrogen-bond donors (Lipinski definition) is 1. The van der Waals surface area contributed by atoms with Gasteiger partial charge in [-0.25, -0.2) is 4.79 Å². The lowest BCUT2D eigenvalue weighted by Gasteiger charge is -2.31. The maximum atomic E-state index is 11.3. The predicted molar refractivity (Wildman–Crippen MR) is 68.3 cm³/mol. The van der Waals surface area contributed by atoms with Crippen LogP contribution >= 0.6 is 0 Å². The Morgan fingerprint density at radius 3 is 3.06 bits per heavy atom. The number of nitrogens with one attached hydrogen (secondary N) is 1. The number of carbonyl (C=O) groups is 1. The van der Waals surface area contributed by atoms with E-state index in [1.165, 1.54) is 7.11 Å². The van der Waals surface area contributed by atoms with Crippen LogP contribution in [-0.4, -0.2) is 48.6 Å². The lowest BCUT2D eigenvalue weighted by molar-refractivity contribution is 0.0600. The summed E-state index contributed by atoms with van der Waals surface area (Å²) in [6.07, 6.45) is 1.58. The minimum Gasteiger partial charge on any atom is -0.465 e. The van der Waals surface area contributed by atoms with Crippen molar-refractivity contribution >= 4 is 5.97 Å². The van der Waals surface area contributed by atoms with Crippen LogP contribution in [0.3, 0.4) is 0 Å². The number of methoxy groups -OCH3 is 1. The molecule has 0 aromatic carbocycles. The zero-order valence-electron chi connectivity index (χ0n) is 10.8. The molecule has 1 fully saturated rings. The van der Waals surface area contributed by atoms with Crippen LogP contribution in [0.15, 0.2) is 18.3 Å². The minimum absolute atomic E-state index is 0.343. The smallest absolute Gasteiger partial charge is 0.339 e. The summed E-state index contributed by atoms with van der Waals surface area (Å²) in [4.78, 5) is 17.9. The first kappa shape index (κ1) is 13.0. The topological polar surface area (TPSA) is 54.5 Å². The number of ether oxygens (including phenoxy) is 1. The molecule has 0 aliphatic carbocycles. The Hall–Kier alpha value is -1.46. The molecule has 5 heteroatoms. The highest BCUT2D eigenvalue weighted by molar-refractivity contribution is 5.88. The lowest BCUT2D eigenvalue weighted by atomic mass is 10.2. The molecule has 0 unspecified atom stereocenters. The van der Waals surface area contributed by atoms with Crippen LogP contribution < -0.4 is 5.32 Å². The molecule has 2 rings (SSSR count). The number of carbonyl (C=O) groups excluding carboxylic acids is 1. The summed E-state index contributed by atoms with van der Waals surface area (Å²) >= 11 is 0. The van der Waals surface area contributed by atoms with Crippen molar-refractivity contribution in [2.24, 2.45) is 0 Å². The molecular weight excluding hydrogens is 230 g/mol. The summed E-state index contributed by atoms with van der Waals surface area (Å²) in [6.45, 7) is 6.08. The van der Waals surface area contributed by atoms with Gasteiger partial charge in [0.05, 0.1) is 18.4 Å². The van der Waals surface area contributed by atoms with Crippen LogP contribution in [0.25, 0.3) is 0 Å². The molecule has 1 N–H and O–H groups in total. The standard InChI is InChI=1S/C13H19N3O2/c1-10-8-16(6-5-14-10)9-12-4-3-11(7-15-12)13(17)18-2/h3-4,7,10,14H,5-6,8-9H2,1-2H3/t10-/m1/s1. The Morgan fingerprint density at radius 1 is 1.61 bits per heavy atom. The summed E-state index contributed by atoms with van der Waals surface area (Å²) in [6, 6.07) is 4.17. The summed E-state index contributed by atoms with van der Waals surface area (Å²) in [7, 11) is 1.37. The van der Waals surface area contributed by atoms with E-state index < -0.39 is 0 Å². The van der Waals surface area contributed by atoms with Crippen molar-refractivity contribution in [3.63, 3.8) is 0 Å². The number of piperazine rings is 1. The summed E-state index contributed by atoms with van der Waals surface area (Å²) < 4.78 is 4.64. The Labute approximate surface area is 107 Å². The van der Waals surface area contributed by atoms with Crippen molar-refractivity contribution < 1.29 is 9.53 Å². The fourth-order valence-electron chi connectivity index (χ4n) is 2.14. The lowest BCUT2D eigenvalue weighted by Crippen LogP contribution is -2.48. The summed E-state index contributed by atoms with van der Waals surface area (Å²) in [5.41, 5.74) is 1.48. The predicted octanol–water partition coefficient (Wildman–Crippen LogP) is 0.662. The second-order valence-corrected chi connectivity index (χ2v) is 4.62. The van der Waals surface area contributed by atoms with Crippen molar-refractivity contribution in [1.82, 2.24) is 15.2 Å². The Bertz CT molecular complexity index is 405. The highest BCUT2D eigenvalue weighted by atomic mass is 16.5. The maximum absolute atomic E-state index is 11.3. The van der Waals surface area contributed by atoms with Crippen LogP contribution in [-0.2, 0) is 11.3 Å². The van der Waals surface area contributed by atoms with Crippen LogP contribution in [0, 0.1) is 0 Å². The Morgan fingerprint density at radius 2 is 2.44 bits per heavy atom. The van der Waals surface area contributed by atoms with E-state index in [4.69, 9.17) is 0 Å². The third-order valence-corrected chi connectivity index (χ3v) is 3.08. The van der Waals surface area contributed by atoms with E-state index in [1.54, 1.807) is 12.3 Å².